The van der Waals surface area contributed by atoms with E-state index in [0.717, 1.165) is 12.1 Å². The van der Waals surface area contributed by atoms with Gasteiger partial charge in [0.15, 0.2) is 5.78 Å². The summed E-state index contributed by atoms with van der Waals surface area (Å²) in [7, 11) is 1.56. The molecular formula is C13H17F2NO2. The van der Waals surface area contributed by atoms with Crippen LogP contribution in [0.4, 0.5) is 8.78 Å². The lowest BCUT2D eigenvalue weighted by molar-refractivity contribution is 0.0894. The number of carbonyl (C=O) groups excluding carboxylic acids is 1. The van der Waals surface area contributed by atoms with Crippen LogP contribution in [0.2, 0.25) is 0 Å². The van der Waals surface area contributed by atoms with E-state index in [4.69, 9.17) is 4.74 Å². The molecule has 0 aliphatic carbocycles. The zero-order valence-electron chi connectivity index (χ0n) is 10.6. The molecule has 0 bridgehead atoms. The smallest absolute Gasteiger partial charge is 0.182 e. The van der Waals surface area contributed by atoms with Gasteiger partial charge in [-0.1, -0.05) is 13.0 Å². The number of rotatable bonds is 7. The zero-order valence-corrected chi connectivity index (χ0v) is 10.6. The Balaban J connectivity index is 2.75. The van der Waals surface area contributed by atoms with Gasteiger partial charge in [-0.25, -0.2) is 8.78 Å². The van der Waals surface area contributed by atoms with Crippen molar-refractivity contribution >= 4 is 5.78 Å². The lowest BCUT2D eigenvalue weighted by Gasteiger charge is -2.19. The summed E-state index contributed by atoms with van der Waals surface area (Å²) in [6, 6.07) is 3.41. The van der Waals surface area contributed by atoms with Gasteiger partial charge in [0, 0.05) is 13.7 Å². The number of hydrogen-bond donors (Lipinski definition) is 0. The number of halogens is 2. The maximum Gasteiger partial charge on any atom is 0.182 e. The van der Waals surface area contributed by atoms with Crippen molar-refractivity contribution in [2.45, 2.75) is 6.92 Å². The van der Waals surface area contributed by atoms with E-state index >= 15 is 0 Å². The van der Waals surface area contributed by atoms with Crippen LogP contribution >= 0.6 is 0 Å². The van der Waals surface area contributed by atoms with Crippen molar-refractivity contribution in [2.75, 3.05) is 33.4 Å². The maximum atomic E-state index is 13.4. The van der Waals surface area contributed by atoms with Crippen molar-refractivity contribution in [3.63, 3.8) is 0 Å². The van der Waals surface area contributed by atoms with Crippen LogP contribution in [0.15, 0.2) is 18.2 Å². The molecule has 0 amide bonds. The van der Waals surface area contributed by atoms with Gasteiger partial charge in [-0.3, -0.25) is 9.69 Å². The highest BCUT2D eigenvalue weighted by Gasteiger charge is 2.18. The van der Waals surface area contributed by atoms with Gasteiger partial charge in [0.25, 0.3) is 0 Å². The normalized spacial score (nSPS) is 10.9. The number of methoxy groups -OCH3 is 1. The molecule has 0 aromatic heterocycles. The van der Waals surface area contributed by atoms with Crippen LogP contribution in [0, 0.1) is 11.6 Å². The fourth-order valence-electron chi connectivity index (χ4n) is 1.62. The topological polar surface area (TPSA) is 29.5 Å². The minimum atomic E-state index is -0.817. The molecule has 0 saturated carbocycles. The summed E-state index contributed by atoms with van der Waals surface area (Å²) in [5.74, 6) is -2.19. The average molecular weight is 257 g/mol. The highest BCUT2D eigenvalue weighted by Crippen LogP contribution is 2.13. The molecule has 0 atom stereocenters. The predicted molar refractivity (Wildman–Crippen MR) is 64.7 cm³/mol. The summed E-state index contributed by atoms with van der Waals surface area (Å²) >= 11 is 0. The van der Waals surface area contributed by atoms with Crippen LogP contribution in [0.25, 0.3) is 0 Å². The second-order valence-corrected chi connectivity index (χ2v) is 3.88. The number of carbonyl (C=O) groups is 1. The van der Waals surface area contributed by atoms with Gasteiger partial charge in [0.2, 0.25) is 0 Å². The van der Waals surface area contributed by atoms with Crippen molar-refractivity contribution in [3.8, 4) is 0 Å². The molecule has 100 valence electrons. The Bertz CT molecular complexity index is 390. The van der Waals surface area contributed by atoms with Crippen molar-refractivity contribution in [3.05, 3.63) is 35.4 Å². The minimum absolute atomic E-state index is 0.0162. The number of hydrogen-bond acceptors (Lipinski definition) is 3. The van der Waals surface area contributed by atoms with Crippen LogP contribution in [-0.4, -0.2) is 44.0 Å². The Morgan fingerprint density at radius 2 is 1.94 bits per heavy atom. The van der Waals surface area contributed by atoms with E-state index in [-0.39, 0.29) is 6.54 Å². The van der Waals surface area contributed by atoms with Crippen LogP contribution in [-0.2, 0) is 4.74 Å². The van der Waals surface area contributed by atoms with Crippen molar-refractivity contribution < 1.29 is 18.3 Å². The number of ether oxygens (including phenoxy) is 1. The quantitative estimate of drug-likeness (QED) is 0.701. The Labute approximate surface area is 105 Å². The first-order chi connectivity index (χ1) is 8.60. The minimum Gasteiger partial charge on any atom is -0.383 e. The van der Waals surface area contributed by atoms with E-state index in [2.05, 4.69) is 0 Å². The van der Waals surface area contributed by atoms with Gasteiger partial charge in [-0.05, 0) is 18.7 Å². The lowest BCUT2D eigenvalue weighted by atomic mass is 10.1. The van der Waals surface area contributed by atoms with Crippen LogP contribution in [0.3, 0.4) is 0 Å². The number of Topliss-reactive ketones (excluding diaryl/α,β-unsaturated/α-hetero) is 1. The fraction of sp³-hybridized carbons (Fsp3) is 0.462. The molecule has 18 heavy (non-hydrogen) atoms. The lowest BCUT2D eigenvalue weighted by Crippen LogP contribution is -2.33. The fourth-order valence-corrected chi connectivity index (χ4v) is 1.62. The monoisotopic (exact) mass is 257 g/mol. The molecule has 0 N–H and O–H groups in total. The third-order valence-electron chi connectivity index (χ3n) is 2.67. The van der Waals surface area contributed by atoms with Gasteiger partial charge < -0.3 is 4.74 Å². The highest BCUT2D eigenvalue weighted by atomic mass is 19.1. The van der Waals surface area contributed by atoms with Crippen molar-refractivity contribution in [1.82, 2.24) is 4.90 Å². The van der Waals surface area contributed by atoms with Gasteiger partial charge in [-0.15, -0.1) is 0 Å². The molecule has 0 radical (unpaired) electrons. The first-order valence-corrected chi connectivity index (χ1v) is 5.78. The van der Waals surface area contributed by atoms with E-state index in [1.807, 2.05) is 6.92 Å². The summed E-state index contributed by atoms with van der Waals surface area (Å²) in [5.41, 5.74) is -0.464. The molecule has 0 aliphatic heterocycles. The maximum absolute atomic E-state index is 13.4. The number of likely N-dealkylation sites (N-methyl/N-ethyl adjacent to an activating group) is 1. The predicted octanol–water partition coefficient (Wildman–Crippen LogP) is 2.12. The Morgan fingerprint density at radius 1 is 1.33 bits per heavy atom. The molecule has 0 saturated heterocycles. The Kier molecular flexibility index (Phi) is 5.88. The van der Waals surface area contributed by atoms with E-state index < -0.39 is 23.0 Å². The van der Waals surface area contributed by atoms with E-state index in [1.165, 1.54) is 6.07 Å². The van der Waals surface area contributed by atoms with E-state index in [1.54, 1.807) is 12.0 Å². The highest BCUT2D eigenvalue weighted by molar-refractivity contribution is 5.98. The van der Waals surface area contributed by atoms with Crippen molar-refractivity contribution in [1.29, 1.82) is 0 Å². The molecule has 0 aliphatic rings. The third kappa shape index (κ3) is 3.85. The molecule has 5 heteroatoms. The SMILES string of the molecule is CCN(CCOC)CC(=O)c1c(F)cccc1F. The summed E-state index contributed by atoms with van der Waals surface area (Å²) in [4.78, 5) is 13.6. The van der Waals surface area contributed by atoms with Gasteiger partial charge >= 0.3 is 0 Å². The molecule has 0 heterocycles. The Morgan fingerprint density at radius 3 is 2.44 bits per heavy atom. The second kappa shape index (κ2) is 7.18. The molecule has 1 aromatic carbocycles. The van der Waals surface area contributed by atoms with Gasteiger partial charge in [0.05, 0.1) is 18.7 Å². The van der Waals surface area contributed by atoms with Gasteiger partial charge in [0.1, 0.15) is 11.6 Å². The van der Waals surface area contributed by atoms with Crippen LogP contribution < -0.4 is 0 Å². The molecule has 3 nitrogen and oxygen atoms in total. The first-order valence-electron chi connectivity index (χ1n) is 5.78. The number of ketones is 1. The molecule has 0 spiro atoms. The second-order valence-electron chi connectivity index (χ2n) is 3.88. The molecule has 1 aromatic rings. The van der Waals surface area contributed by atoms with Crippen LogP contribution in [0.5, 0.6) is 0 Å². The van der Waals surface area contributed by atoms with E-state index in [9.17, 15) is 13.6 Å². The molecule has 1 rings (SSSR count). The summed E-state index contributed by atoms with van der Waals surface area (Å²) in [6.45, 7) is 3.50. The summed E-state index contributed by atoms with van der Waals surface area (Å²) < 4.78 is 31.7. The zero-order chi connectivity index (χ0) is 13.5. The first kappa shape index (κ1) is 14.7. The number of benzene rings is 1. The van der Waals surface area contributed by atoms with E-state index in [0.29, 0.717) is 19.7 Å². The standard InChI is InChI=1S/C13H17F2NO2/c1-3-16(7-8-18-2)9-12(17)13-10(14)5-4-6-11(13)15/h4-6H,3,7-9H2,1-2H3. The molecular weight excluding hydrogens is 240 g/mol. The summed E-state index contributed by atoms with van der Waals surface area (Å²) in [6.07, 6.45) is 0. The molecule has 0 unspecified atom stereocenters. The third-order valence-corrected chi connectivity index (χ3v) is 2.67. The van der Waals surface area contributed by atoms with Crippen molar-refractivity contribution in [2.24, 2.45) is 0 Å². The largest absolute Gasteiger partial charge is 0.383 e. The Hall–Kier alpha value is -1.33. The van der Waals surface area contributed by atoms with Gasteiger partial charge in [-0.2, -0.15) is 0 Å². The molecule has 0 fully saturated rings. The average Bonchev–Trinajstić information content (AvgIpc) is 2.34. The number of nitrogens with zero attached hydrogens (tertiary/aromatic N) is 1. The summed E-state index contributed by atoms with van der Waals surface area (Å²) in [5, 5.41) is 0. The van der Waals surface area contributed by atoms with Crippen LogP contribution in [0.1, 0.15) is 17.3 Å².